The van der Waals surface area contributed by atoms with E-state index in [9.17, 15) is 4.79 Å². The highest BCUT2D eigenvalue weighted by atomic mass is 16.5. The molecule has 0 aromatic heterocycles. The molecule has 1 heterocycles. The molecule has 1 saturated heterocycles. The lowest BCUT2D eigenvalue weighted by Crippen LogP contribution is -2.36. The lowest BCUT2D eigenvalue weighted by Gasteiger charge is -2.36. The van der Waals surface area contributed by atoms with Gasteiger partial charge in [0.25, 0.3) is 0 Å². The largest absolute Gasteiger partial charge is 0.497 e. The number of nitrogens with zero attached hydrogens (tertiary/aromatic N) is 1. The molecule has 114 valence electrons. The van der Waals surface area contributed by atoms with E-state index in [0.717, 1.165) is 38.0 Å². The van der Waals surface area contributed by atoms with E-state index in [-0.39, 0.29) is 12.5 Å². The van der Waals surface area contributed by atoms with E-state index in [4.69, 9.17) is 9.84 Å². The van der Waals surface area contributed by atoms with Crippen LogP contribution < -0.4 is 4.74 Å². The van der Waals surface area contributed by atoms with Crippen LogP contribution in [0.25, 0.3) is 0 Å². The Labute approximate surface area is 125 Å². The molecule has 0 spiro atoms. The van der Waals surface area contributed by atoms with Crippen molar-refractivity contribution in [2.45, 2.75) is 50.6 Å². The topological polar surface area (TPSA) is 49.8 Å². The highest BCUT2D eigenvalue weighted by molar-refractivity contribution is 5.67. The summed E-state index contributed by atoms with van der Waals surface area (Å²) < 4.78 is 5.32. The minimum absolute atomic E-state index is 0.195. The van der Waals surface area contributed by atoms with Crippen LogP contribution in [0.4, 0.5) is 0 Å². The molecular formula is C17H23NO3. The Kier molecular flexibility index (Phi) is 4.15. The van der Waals surface area contributed by atoms with Gasteiger partial charge in [0.2, 0.25) is 0 Å². The number of carbonyl (C=O) groups is 1. The fraction of sp³-hybridized carbons (Fsp3) is 0.588. The van der Waals surface area contributed by atoms with Gasteiger partial charge in [-0.25, -0.2) is 0 Å². The summed E-state index contributed by atoms with van der Waals surface area (Å²) in [7, 11) is 1.70. The summed E-state index contributed by atoms with van der Waals surface area (Å²) in [6, 6.07) is 6.92. The fourth-order valence-electron chi connectivity index (χ4n) is 3.93. The maximum Gasteiger partial charge on any atom is 0.304 e. The van der Waals surface area contributed by atoms with Gasteiger partial charge in [0.15, 0.2) is 0 Å². The highest BCUT2D eigenvalue weighted by Gasteiger charge is 2.34. The number of likely N-dealkylation sites (tertiary alicyclic amines) is 1. The van der Waals surface area contributed by atoms with Crippen molar-refractivity contribution in [3.8, 4) is 5.75 Å². The third kappa shape index (κ3) is 2.91. The van der Waals surface area contributed by atoms with Crippen LogP contribution >= 0.6 is 0 Å². The summed E-state index contributed by atoms with van der Waals surface area (Å²) >= 11 is 0. The van der Waals surface area contributed by atoms with Gasteiger partial charge in [-0.05, 0) is 61.9 Å². The van der Waals surface area contributed by atoms with Gasteiger partial charge in [-0.3, -0.25) is 9.69 Å². The Bertz CT molecular complexity index is 529. The molecule has 0 bridgehead atoms. The zero-order chi connectivity index (χ0) is 14.8. The number of hydrogen-bond donors (Lipinski definition) is 1. The van der Waals surface area contributed by atoms with Gasteiger partial charge in [0, 0.05) is 12.1 Å². The van der Waals surface area contributed by atoms with Crippen molar-refractivity contribution in [3.05, 3.63) is 29.3 Å². The van der Waals surface area contributed by atoms with Crippen LogP contribution in [-0.2, 0) is 11.2 Å². The average molecular weight is 289 g/mol. The summed E-state index contributed by atoms with van der Waals surface area (Å²) in [6.07, 6.45) is 5.78. The number of hydrogen-bond acceptors (Lipinski definition) is 3. The van der Waals surface area contributed by atoms with Crippen molar-refractivity contribution in [1.82, 2.24) is 4.90 Å². The molecule has 21 heavy (non-hydrogen) atoms. The number of fused-ring (bicyclic) bond motifs is 1. The first-order valence-corrected chi connectivity index (χ1v) is 7.83. The maximum atomic E-state index is 11.1. The summed E-state index contributed by atoms with van der Waals surface area (Å²) in [4.78, 5) is 13.5. The normalized spacial score (nSPS) is 25.6. The molecule has 1 aromatic carbocycles. The number of aryl methyl sites for hydroxylation is 1. The molecule has 4 nitrogen and oxygen atoms in total. The van der Waals surface area contributed by atoms with Crippen molar-refractivity contribution in [2.24, 2.45) is 0 Å². The second-order valence-corrected chi connectivity index (χ2v) is 6.10. The van der Waals surface area contributed by atoms with Crippen LogP contribution in [0.15, 0.2) is 18.2 Å². The maximum absolute atomic E-state index is 11.1. The molecule has 1 aliphatic carbocycles. The van der Waals surface area contributed by atoms with Gasteiger partial charge < -0.3 is 9.84 Å². The van der Waals surface area contributed by atoms with E-state index < -0.39 is 5.97 Å². The van der Waals surface area contributed by atoms with Gasteiger partial charge in [-0.2, -0.15) is 0 Å². The second-order valence-electron chi connectivity index (χ2n) is 6.10. The first-order valence-electron chi connectivity index (χ1n) is 7.83. The van der Waals surface area contributed by atoms with E-state index in [2.05, 4.69) is 17.0 Å². The second kappa shape index (κ2) is 6.06. The fourth-order valence-corrected chi connectivity index (χ4v) is 3.93. The monoisotopic (exact) mass is 289 g/mol. The van der Waals surface area contributed by atoms with Crippen molar-refractivity contribution >= 4 is 5.97 Å². The Balaban J connectivity index is 1.85. The summed E-state index contributed by atoms with van der Waals surface area (Å²) in [5.74, 6) is 0.232. The molecule has 4 heteroatoms. The molecule has 0 amide bonds. The van der Waals surface area contributed by atoms with E-state index in [1.165, 1.54) is 17.5 Å². The van der Waals surface area contributed by atoms with Crippen LogP contribution in [0, 0.1) is 0 Å². The number of carboxylic acid groups (broad SMARTS) is 1. The smallest absolute Gasteiger partial charge is 0.304 e. The molecule has 1 aromatic rings. The van der Waals surface area contributed by atoms with Crippen LogP contribution in [0.5, 0.6) is 5.75 Å². The van der Waals surface area contributed by atoms with Crippen LogP contribution in [0.3, 0.4) is 0 Å². The van der Waals surface area contributed by atoms with Gasteiger partial charge >= 0.3 is 5.97 Å². The molecule has 0 radical (unpaired) electrons. The molecule has 2 unspecified atom stereocenters. The minimum atomic E-state index is -0.683. The van der Waals surface area contributed by atoms with Crippen molar-refractivity contribution in [2.75, 3.05) is 13.7 Å². The predicted octanol–water partition coefficient (Wildman–Crippen LogP) is 3.01. The van der Waals surface area contributed by atoms with Crippen molar-refractivity contribution in [3.63, 3.8) is 0 Å². The van der Waals surface area contributed by atoms with E-state index in [1.807, 2.05) is 6.07 Å². The predicted molar refractivity (Wildman–Crippen MR) is 80.7 cm³/mol. The highest BCUT2D eigenvalue weighted by Crippen LogP contribution is 2.40. The van der Waals surface area contributed by atoms with Gasteiger partial charge in [-0.15, -0.1) is 0 Å². The summed E-state index contributed by atoms with van der Waals surface area (Å²) in [5, 5.41) is 9.11. The Hall–Kier alpha value is -1.55. The van der Waals surface area contributed by atoms with E-state index in [1.54, 1.807) is 7.11 Å². The van der Waals surface area contributed by atoms with Crippen molar-refractivity contribution in [1.29, 1.82) is 0 Å². The van der Waals surface area contributed by atoms with Crippen molar-refractivity contribution < 1.29 is 14.6 Å². The zero-order valence-electron chi connectivity index (χ0n) is 12.5. The quantitative estimate of drug-likeness (QED) is 0.925. The number of carboxylic acids is 1. The number of rotatable bonds is 4. The molecule has 3 rings (SSSR count). The average Bonchev–Trinajstić information content (AvgIpc) is 2.93. The Morgan fingerprint density at radius 2 is 2.24 bits per heavy atom. The molecular weight excluding hydrogens is 266 g/mol. The molecule has 1 N–H and O–H groups in total. The van der Waals surface area contributed by atoms with E-state index >= 15 is 0 Å². The number of ether oxygens (including phenoxy) is 1. The lowest BCUT2D eigenvalue weighted by molar-refractivity contribution is -0.138. The summed E-state index contributed by atoms with van der Waals surface area (Å²) in [5.41, 5.74) is 2.74. The lowest BCUT2D eigenvalue weighted by atomic mass is 9.86. The Morgan fingerprint density at radius 3 is 3.00 bits per heavy atom. The van der Waals surface area contributed by atoms with Gasteiger partial charge in [-0.1, -0.05) is 6.07 Å². The number of benzene rings is 1. The minimum Gasteiger partial charge on any atom is -0.497 e. The molecule has 1 aliphatic heterocycles. The first kappa shape index (κ1) is 14.4. The third-order valence-corrected chi connectivity index (χ3v) is 4.87. The SMILES string of the molecule is COc1ccc2c(c1)CCCC2N1CCCC1CC(=O)O. The standard InChI is InChI=1S/C17H23NO3/c1-21-14-7-8-15-12(10-14)4-2-6-16(15)18-9-3-5-13(18)11-17(19)20/h7-8,10,13,16H,2-6,9,11H2,1H3,(H,19,20). The van der Waals surface area contributed by atoms with Crippen LogP contribution in [0.2, 0.25) is 0 Å². The molecule has 2 aliphatic rings. The Morgan fingerprint density at radius 1 is 1.38 bits per heavy atom. The third-order valence-electron chi connectivity index (χ3n) is 4.87. The summed E-state index contributed by atoms with van der Waals surface area (Å²) in [6.45, 7) is 1.02. The van der Waals surface area contributed by atoms with E-state index in [0.29, 0.717) is 6.04 Å². The number of aliphatic carboxylic acids is 1. The molecule has 1 fully saturated rings. The van der Waals surface area contributed by atoms with Crippen LogP contribution in [0.1, 0.15) is 49.3 Å². The zero-order valence-corrected chi connectivity index (χ0v) is 12.5. The molecule has 0 saturated carbocycles. The number of methoxy groups -OCH3 is 1. The van der Waals surface area contributed by atoms with Gasteiger partial charge in [0.05, 0.1) is 13.5 Å². The van der Waals surface area contributed by atoms with Crippen LogP contribution in [-0.4, -0.2) is 35.7 Å². The molecule has 2 atom stereocenters. The first-order chi connectivity index (χ1) is 10.2. The van der Waals surface area contributed by atoms with Gasteiger partial charge in [0.1, 0.15) is 5.75 Å².